The standard InChI is InChI=1S/C22H42N4O5S/c1-8-13(5)16(23)19(27)25-17(12(3)4)20(28)26-18(14(6)9-2)21(29)24-15(22(30)31)10-11-32-7/h12-18H,8-11,23H2,1-7H3,(H,24,29)(H,25,27)(H,26,28)(H,30,31)/t13-,14-,15-,16-,17-,18-/m0/s1. The topological polar surface area (TPSA) is 151 Å². The smallest absolute Gasteiger partial charge is 0.326 e. The van der Waals surface area contributed by atoms with Crippen LogP contribution in [0.25, 0.3) is 0 Å². The average Bonchev–Trinajstić information content (AvgIpc) is 2.75. The number of amides is 3. The van der Waals surface area contributed by atoms with E-state index < -0.39 is 47.9 Å². The van der Waals surface area contributed by atoms with Gasteiger partial charge in [0.25, 0.3) is 0 Å². The lowest BCUT2D eigenvalue weighted by atomic mass is 9.95. The Bertz CT molecular complexity index is 631. The Balaban J connectivity index is 5.48. The molecule has 0 fully saturated rings. The average molecular weight is 475 g/mol. The van der Waals surface area contributed by atoms with Gasteiger partial charge < -0.3 is 26.8 Å². The lowest BCUT2D eigenvalue weighted by Gasteiger charge is -2.29. The molecular weight excluding hydrogens is 432 g/mol. The summed E-state index contributed by atoms with van der Waals surface area (Å²) in [4.78, 5) is 50.0. The highest BCUT2D eigenvalue weighted by molar-refractivity contribution is 7.98. The maximum absolute atomic E-state index is 13.0. The Kier molecular flexibility index (Phi) is 14.2. The number of carboxylic acid groups (broad SMARTS) is 1. The van der Waals surface area contributed by atoms with Gasteiger partial charge in [0.15, 0.2) is 0 Å². The van der Waals surface area contributed by atoms with Crippen LogP contribution in [0.15, 0.2) is 0 Å². The zero-order valence-electron chi connectivity index (χ0n) is 20.4. The monoisotopic (exact) mass is 474 g/mol. The summed E-state index contributed by atoms with van der Waals surface area (Å²) in [6.45, 7) is 11.1. The molecule has 0 saturated heterocycles. The highest BCUT2D eigenvalue weighted by atomic mass is 32.2. The molecule has 9 nitrogen and oxygen atoms in total. The first kappa shape index (κ1) is 30.2. The first-order valence-corrected chi connectivity index (χ1v) is 12.7. The second-order valence-corrected chi connectivity index (χ2v) is 9.68. The first-order valence-electron chi connectivity index (χ1n) is 11.3. The van der Waals surface area contributed by atoms with Crippen molar-refractivity contribution in [1.82, 2.24) is 16.0 Å². The van der Waals surface area contributed by atoms with Crippen LogP contribution in [0.3, 0.4) is 0 Å². The fourth-order valence-electron chi connectivity index (χ4n) is 3.00. The summed E-state index contributed by atoms with van der Waals surface area (Å²) in [5.74, 6) is -2.52. The quantitative estimate of drug-likeness (QED) is 0.240. The molecule has 0 aromatic carbocycles. The number of carbonyl (C=O) groups is 4. The highest BCUT2D eigenvalue weighted by Gasteiger charge is 2.34. The van der Waals surface area contributed by atoms with E-state index in [1.165, 1.54) is 11.8 Å². The van der Waals surface area contributed by atoms with E-state index in [4.69, 9.17) is 5.73 Å². The van der Waals surface area contributed by atoms with Crippen molar-refractivity contribution in [2.45, 2.75) is 85.0 Å². The molecule has 3 amide bonds. The molecule has 0 bridgehead atoms. The highest BCUT2D eigenvalue weighted by Crippen LogP contribution is 2.12. The molecule has 6 N–H and O–H groups in total. The van der Waals surface area contributed by atoms with Gasteiger partial charge in [0.05, 0.1) is 6.04 Å². The number of nitrogens with one attached hydrogen (secondary N) is 3. The normalized spacial score (nSPS) is 16.9. The summed E-state index contributed by atoms with van der Waals surface area (Å²) in [5.41, 5.74) is 6.00. The lowest BCUT2D eigenvalue weighted by Crippen LogP contribution is -2.60. The molecule has 186 valence electrons. The van der Waals surface area contributed by atoms with E-state index in [1.807, 2.05) is 34.0 Å². The van der Waals surface area contributed by atoms with Gasteiger partial charge in [-0.05, 0) is 36.2 Å². The van der Waals surface area contributed by atoms with E-state index in [2.05, 4.69) is 16.0 Å². The number of nitrogens with two attached hydrogens (primary N) is 1. The molecule has 6 atom stereocenters. The Morgan fingerprint density at radius 1 is 0.844 bits per heavy atom. The van der Waals surface area contributed by atoms with Crippen LogP contribution in [0, 0.1) is 17.8 Å². The van der Waals surface area contributed by atoms with Crippen LogP contribution >= 0.6 is 11.8 Å². The zero-order chi connectivity index (χ0) is 25.0. The molecule has 0 heterocycles. The zero-order valence-corrected chi connectivity index (χ0v) is 21.3. The van der Waals surface area contributed by atoms with Gasteiger partial charge >= 0.3 is 5.97 Å². The van der Waals surface area contributed by atoms with Gasteiger partial charge in [-0.2, -0.15) is 11.8 Å². The number of rotatable bonds is 15. The Morgan fingerprint density at radius 3 is 1.78 bits per heavy atom. The predicted octanol–water partition coefficient (Wildman–Crippen LogP) is 1.35. The van der Waals surface area contributed by atoms with Crippen molar-refractivity contribution < 1.29 is 24.3 Å². The van der Waals surface area contributed by atoms with Gasteiger partial charge in [0, 0.05) is 0 Å². The Hall–Kier alpha value is -1.81. The van der Waals surface area contributed by atoms with Crippen LogP contribution < -0.4 is 21.7 Å². The predicted molar refractivity (Wildman–Crippen MR) is 128 cm³/mol. The van der Waals surface area contributed by atoms with Crippen molar-refractivity contribution in [3.05, 3.63) is 0 Å². The van der Waals surface area contributed by atoms with Crippen LogP contribution in [0.2, 0.25) is 0 Å². The molecule has 0 aliphatic rings. The first-order chi connectivity index (χ1) is 14.9. The minimum Gasteiger partial charge on any atom is -0.480 e. The molecule has 0 aliphatic carbocycles. The second-order valence-electron chi connectivity index (χ2n) is 8.69. The van der Waals surface area contributed by atoms with Crippen LogP contribution in [0.5, 0.6) is 0 Å². The van der Waals surface area contributed by atoms with Crippen molar-refractivity contribution in [1.29, 1.82) is 0 Å². The molecular formula is C22H42N4O5S. The summed E-state index contributed by atoms with van der Waals surface area (Å²) < 4.78 is 0. The molecule has 10 heteroatoms. The number of carboxylic acids is 1. The van der Waals surface area contributed by atoms with Gasteiger partial charge in [0.1, 0.15) is 18.1 Å². The SMILES string of the molecule is CC[C@H](C)[C@H](N)C(=O)N[C@H](C(=O)N[C@H](C(=O)N[C@@H](CCSC)C(=O)O)[C@@H](C)CC)C(C)C. The molecule has 0 radical (unpaired) electrons. The maximum Gasteiger partial charge on any atom is 0.326 e. The van der Waals surface area contributed by atoms with Gasteiger partial charge in [-0.1, -0.05) is 54.4 Å². The number of hydrogen-bond donors (Lipinski definition) is 5. The fraction of sp³-hybridized carbons (Fsp3) is 0.818. The largest absolute Gasteiger partial charge is 0.480 e. The number of hydrogen-bond acceptors (Lipinski definition) is 6. The summed E-state index contributed by atoms with van der Waals surface area (Å²) >= 11 is 1.49. The molecule has 32 heavy (non-hydrogen) atoms. The van der Waals surface area contributed by atoms with Crippen LogP contribution in [0.4, 0.5) is 0 Å². The minimum atomic E-state index is -1.12. The van der Waals surface area contributed by atoms with Crippen molar-refractivity contribution >= 4 is 35.5 Å². The Labute approximate surface area is 196 Å². The third-order valence-corrected chi connectivity index (χ3v) is 6.47. The van der Waals surface area contributed by atoms with Crippen LogP contribution in [-0.2, 0) is 19.2 Å². The Morgan fingerprint density at radius 2 is 1.34 bits per heavy atom. The van der Waals surface area contributed by atoms with E-state index >= 15 is 0 Å². The summed E-state index contributed by atoms with van der Waals surface area (Å²) in [6.07, 6.45) is 3.46. The van der Waals surface area contributed by atoms with Crippen molar-refractivity contribution in [3.8, 4) is 0 Å². The van der Waals surface area contributed by atoms with E-state index in [1.54, 1.807) is 13.8 Å². The molecule has 0 rings (SSSR count). The molecule has 0 unspecified atom stereocenters. The molecule has 0 spiro atoms. The summed E-state index contributed by atoms with van der Waals surface area (Å²) in [7, 11) is 0. The van der Waals surface area contributed by atoms with E-state index in [9.17, 15) is 24.3 Å². The number of thioether (sulfide) groups is 1. The second kappa shape index (κ2) is 15.1. The van der Waals surface area contributed by atoms with E-state index in [0.717, 1.165) is 6.42 Å². The molecule has 0 saturated carbocycles. The third-order valence-electron chi connectivity index (χ3n) is 5.83. The molecule has 0 aromatic rings. The van der Waals surface area contributed by atoms with Gasteiger partial charge in [-0.25, -0.2) is 4.79 Å². The van der Waals surface area contributed by atoms with Crippen LogP contribution in [-0.4, -0.2) is 65.0 Å². The van der Waals surface area contributed by atoms with Crippen molar-refractivity contribution in [2.24, 2.45) is 23.5 Å². The van der Waals surface area contributed by atoms with E-state index in [0.29, 0.717) is 12.2 Å². The molecule has 0 aliphatic heterocycles. The van der Waals surface area contributed by atoms with Crippen molar-refractivity contribution in [3.63, 3.8) is 0 Å². The fourth-order valence-corrected chi connectivity index (χ4v) is 3.47. The third kappa shape index (κ3) is 9.77. The summed E-state index contributed by atoms with van der Waals surface area (Å²) in [6, 6.07) is -3.57. The summed E-state index contributed by atoms with van der Waals surface area (Å²) in [5, 5.41) is 17.4. The maximum atomic E-state index is 13.0. The minimum absolute atomic E-state index is 0.0428. The number of carbonyl (C=O) groups excluding carboxylic acids is 3. The lowest BCUT2D eigenvalue weighted by molar-refractivity contribution is -0.142. The number of aliphatic carboxylic acids is 1. The van der Waals surface area contributed by atoms with Gasteiger partial charge in [-0.3, -0.25) is 14.4 Å². The van der Waals surface area contributed by atoms with Crippen LogP contribution in [0.1, 0.15) is 60.8 Å². The van der Waals surface area contributed by atoms with Gasteiger partial charge in [-0.15, -0.1) is 0 Å². The van der Waals surface area contributed by atoms with E-state index in [-0.39, 0.29) is 24.2 Å². The van der Waals surface area contributed by atoms with Gasteiger partial charge in [0.2, 0.25) is 17.7 Å². The van der Waals surface area contributed by atoms with Crippen molar-refractivity contribution in [2.75, 3.05) is 12.0 Å². The molecule has 0 aromatic heterocycles.